The molecule has 0 radical (unpaired) electrons. The van der Waals surface area contributed by atoms with Gasteiger partial charge in [0.05, 0.1) is 81.7 Å². The molecule has 6 aromatic carbocycles. The van der Waals surface area contributed by atoms with Crippen molar-refractivity contribution in [2.24, 2.45) is 0 Å². The highest BCUT2D eigenvalue weighted by Crippen LogP contribution is 2.42. The van der Waals surface area contributed by atoms with Crippen molar-refractivity contribution >= 4 is 11.8 Å². The van der Waals surface area contributed by atoms with Crippen LogP contribution >= 0.6 is 0 Å². The standard InChI is InChI=1S/C56H59NO12/c1-60-45-25-35-19-37-27-50(65-6)39(29-49(37)64-5)21-41-32-54(69-17-13-12-16-57-55(58)43-14-10-11-15-44(43)56(57)59)42(31-53(41)68-9)22-40-30-51(66-7)38(28-52(40)67-8)20-36-26-47(62-3)34(24-48(36)63-4)18-33(45)23-46(35)61-2/h10-11,14-15,23-32H,12-13,16-22H2,1-9H3. The number of hydrogen-bond donors (Lipinski definition) is 0. The molecule has 13 nitrogen and oxygen atoms in total. The number of hydrogen-bond acceptors (Lipinski definition) is 12. The summed E-state index contributed by atoms with van der Waals surface area (Å²) in [6, 6.07) is 27.0. The quantitative estimate of drug-likeness (QED) is 0.0717. The lowest BCUT2D eigenvalue weighted by Crippen LogP contribution is -2.30. The third-order valence-corrected chi connectivity index (χ3v) is 13.0. The van der Waals surface area contributed by atoms with Gasteiger partial charge >= 0.3 is 0 Å². The van der Waals surface area contributed by atoms with Gasteiger partial charge in [0.1, 0.15) is 57.5 Å². The van der Waals surface area contributed by atoms with Gasteiger partial charge in [-0.05, 0) is 85.6 Å². The Labute approximate surface area is 403 Å². The molecule has 1 heterocycles. The van der Waals surface area contributed by atoms with Crippen LogP contribution in [-0.4, -0.2) is 93.9 Å². The molecule has 10 bridgehead atoms. The average Bonchev–Trinajstić information content (AvgIpc) is 3.61. The SMILES string of the molecule is COc1cc2c(OC)cc1Cc1cc(OC)c(cc1OC)Cc1cc(OC)c(cc1OC)Cc1cc(OC)c(cc1OCCCCN1C(=O)c3ccccc3C1=O)Cc1cc(OC)c(cc1OC)C2. The summed E-state index contributed by atoms with van der Waals surface area (Å²) in [4.78, 5) is 27.5. The number of nitrogens with zero attached hydrogens (tertiary/aromatic N) is 1. The topological polar surface area (TPSA) is 130 Å². The Balaban J connectivity index is 1.23. The van der Waals surface area contributed by atoms with Crippen LogP contribution in [0.4, 0.5) is 0 Å². The zero-order valence-electron chi connectivity index (χ0n) is 40.8. The Hall–Kier alpha value is -7.54. The predicted molar refractivity (Wildman–Crippen MR) is 262 cm³/mol. The second-order valence-electron chi connectivity index (χ2n) is 16.9. The van der Waals surface area contributed by atoms with Gasteiger partial charge in [-0.1, -0.05) is 12.1 Å². The van der Waals surface area contributed by atoms with Crippen molar-refractivity contribution in [1.29, 1.82) is 0 Å². The van der Waals surface area contributed by atoms with Crippen LogP contribution in [-0.2, 0) is 32.1 Å². The summed E-state index contributed by atoms with van der Waals surface area (Å²) in [6.07, 6.45) is 3.36. The summed E-state index contributed by atoms with van der Waals surface area (Å²) in [7, 11) is 14.9. The maximum Gasteiger partial charge on any atom is 0.261 e. The molecule has 69 heavy (non-hydrogen) atoms. The highest BCUT2D eigenvalue weighted by molar-refractivity contribution is 6.21. The van der Waals surface area contributed by atoms with Crippen LogP contribution in [0.5, 0.6) is 57.5 Å². The molecular weight excluding hydrogens is 879 g/mol. The number of amides is 2. The van der Waals surface area contributed by atoms with Gasteiger partial charge in [0.15, 0.2) is 0 Å². The van der Waals surface area contributed by atoms with Gasteiger partial charge in [-0.25, -0.2) is 0 Å². The minimum Gasteiger partial charge on any atom is -0.496 e. The molecule has 0 spiro atoms. The number of fused-ring (bicyclic) bond motifs is 1. The molecule has 17 rings (SSSR count). The van der Waals surface area contributed by atoms with E-state index in [9.17, 15) is 9.59 Å². The Morgan fingerprint density at radius 2 is 0.580 bits per heavy atom. The average molecular weight is 938 g/mol. The maximum atomic E-state index is 13.1. The smallest absolute Gasteiger partial charge is 0.261 e. The van der Waals surface area contributed by atoms with Crippen molar-refractivity contribution in [3.05, 3.63) is 152 Å². The molecule has 0 atom stereocenters. The normalized spacial score (nSPS) is 13.0. The van der Waals surface area contributed by atoms with Crippen molar-refractivity contribution < 1.29 is 57.0 Å². The zero-order valence-corrected chi connectivity index (χ0v) is 40.8. The van der Waals surface area contributed by atoms with E-state index in [1.807, 2.05) is 60.7 Å². The van der Waals surface area contributed by atoms with Crippen molar-refractivity contribution in [2.75, 3.05) is 77.1 Å². The number of imide groups is 1. The second kappa shape index (κ2) is 21.2. The molecule has 1 aliphatic heterocycles. The zero-order chi connectivity index (χ0) is 48.8. The van der Waals surface area contributed by atoms with Gasteiger partial charge in [0, 0.05) is 94.3 Å². The van der Waals surface area contributed by atoms with Gasteiger partial charge in [0.25, 0.3) is 11.8 Å². The van der Waals surface area contributed by atoms with E-state index in [2.05, 4.69) is 0 Å². The van der Waals surface area contributed by atoms with Crippen molar-refractivity contribution in [3.8, 4) is 57.5 Å². The monoisotopic (exact) mass is 937 g/mol. The van der Waals surface area contributed by atoms with Gasteiger partial charge in [-0.2, -0.15) is 0 Å². The van der Waals surface area contributed by atoms with E-state index in [1.165, 1.54) is 4.90 Å². The van der Waals surface area contributed by atoms with E-state index in [4.69, 9.17) is 47.4 Å². The molecule has 13 heteroatoms. The lowest BCUT2D eigenvalue weighted by Gasteiger charge is -2.20. The van der Waals surface area contributed by atoms with Crippen LogP contribution in [0.25, 0.3) is 0 Å². The van der Waals surface area contributed by atoms with Crippen molar-refractivity contribution in [2.45, 2.75) is 44.9 Å². The molecule has 2 amide bonds. The van der Waals surface area contributed by atoms with Gasteiger partial charge in [-0.15, -0.1) is 0 Å². The molecular formula is C56H59NO12. The highest BCUT2D eigenvalue weighted by atomic mass is 16.5. The number of methoxy groups -OCH3 is 9. The van der Waals surface area contributed by atoms with Crippen LogP contribution in [0.1, 0.15) is 89.2 Å². The molecule has 0 unspecified atom stereocenters. The molecule has 6 aromatic rings. The van der Waals surface area contributed by atoms with E-state index in [0.29, 0.717) is 120 Å². The Morgan fingerprint density at radius 3 is 0.826 bits per heavy atom. The van der Waals surface area contributed by atoms with Gasteiger partial charge < -0.3 is 47.4 Å². The summed E-state index contributed by atoms with van der Waals surface area (Å²) in [6.45, 7) is 0.609. The molecule has 0 fully saturated rings. The van der Waals surface area contributed by atoms with Gasteiger partial charge in [-0.3, -0.25) is 14.5 Å². The molecule has 0 saturated carbocycles. The first kappa shape index (κ1) is 47.9. The molecule has 0 aromatic heterocycles. The van der Waals surface area contributed by atoms with Crippen LogP contribution < -0.4 is 47.4 Å². The molecule has 0 saturated heterocycles. The number of ether oxygens (including phenoxy) is 10. The minimum absolute atomic E-state index is 0.269. The predicted octanol–water partition coefficient (Wildman–Crippen LogP) is 9.49. The lowest BCUT2D eigenvalue weighted by molar-refractivity contribution is 0.0649. The van der Waals surface area contributed by atoms with Gasteiger partial charge in [0.2, 0.25) is 0 Å². The van der Waals surface area contributed by atoms with Crippen LogP contribution in [0.2, 0.25) is 0 Å². The summed E-state index contributed by atoms with van der Waals surface area (Å²) >= 11 is 0. The van der Waals surface area contributed by atoms with E-state index in [-0.39, 0.29) is 18.4 Å². The first-order valence-electron chi connectivity index (χ1n) is 22.8. The Morgan fingerprint density at radius 1 is 0.348 bits per heavy atom. The Bertz CT molecular complexity index is 2850. The highest BCUT2D eigenvalue weighted by Gasteiger charge is 2.34. The Kier molecular flexibility index (Phi) is 14.7. The summed E-state index contributed by atoms with van der Waals surface area (Å²) in [5.74, 6) is 6.19. The van der Waals surface area contributed by atoms with E-state index < -0.39 is 0 Å². The molecule has 10 aliphatic carbocycles. The number of benzene rings is 6. The maximum absolute atomic E-state index is 13.1. The van der Waals surface area contributed by atoms with E-state index in [0.717, 1.165) is 55.6 Å². The second-order valence-corrected chi connectivity index (χ2v) is 16.9. The molecule has 360 valence electrons. The fraction of sp³-hybridized carbons (Fsp3) is 0.321. The van der Waals surface area contributed by atoms with Crippen molar-refractivity contribution in [1.82, 2.24) is 4.90 Å². The van der Waals surface area contributed by atoms with Crippen LogP contribution in [0.3, 0.4) is 0 Å². The van der Waals surface area contributed by atoms with Crippen LogP contribution in [0, 0.1) is 0 Å². The first-order valence-corrected chi connectivity index (χ1v) is 22.8. The summed E-state index contributed by atoms with van der Waals surface area (Å²) in [5, 5.41) is 0. The van der Waals surface area contributed by atoms with Crippen molar-refractivity contribution in [3.63, 3.8) is 0 Å². The number of rotatable bonds is 15. The summed E-state index contributed by atoms with van der Waals surface area (Å²) < 4.78 is 61.2. The lowest BCUT2D eigenvalue weighted by atomic mass is 9.94. The number of unbranched alkanes of at least 4 members (excludes halogenated alkanes) is 1. The van der Waals surface area contributed by atoms with E-state index >= 15 is 0 Å². The fourth-order valence-electron chi connectivity index (χ4n) is 9.47. The van der Waals surface area contributed by atoms with Crippen LogP contribution in [0.15, 0.2) is 84.9 Å². The number of carbonyl (C=O) groups is 2. The fourth-order valence-corrected chi connectivity index (χ4v) is 9.47. The third-order valence-electron chi connectivity index (χ3n) is 13.0. The van der Waals surface area contributed by atoms with E-state index in [1.54, 1.807) is 88.3 Å². The molecule has 0 N–H and O–H groups in total. The molecule has 11 aliphatic rings. The number of carbonyl (C=O) groups excluding carboxylic acids is 2. The third kappa shape index (κ3) is 9.77. The summed E-state index contributed by atoms with van der Waals surface area (Å²) in [5.41, 5.74) is 9.71. The minimum atomic E-state index is -0.269. The first-order chi connectivity index (χ1) is 33.6. The largest absolute Gasteiger partial charge is 0.496 e.